The summed E-state index contributed by atoms with van der Waals surface area (Å²) in [6, 6.07) is 11.6. The first-order chi connectivity index (χ1) is 11.2. The van der Waals surface area contributed by atoms with Crippen LogP contribution in [0.2, 0.25) is 0 Å². The summed E-state index contributed by atoms with van der Waals surface area (Å²) in [6.07, 6.45) is 6.77. The van der Waals surface area contributed by atoms with Crippen LogP contribution >= 0.6 is 0 Å². The van der Waals surface area contributed by atoms with Crippen LogP contribution in [0.3, 0.4) is 0 Å². The summed E-state index contributed by atoms with van der Waals surface area (Å²) in [5.41, 5.74) is 4.28. The molecule has 0 aliphatic heterocycles. The minimum absolute atomic E-state index is 0.0116. The van der Waals surface area contributed by atoms with Crippen molar-refractivity contribution in [2.45, 2.75) is 19.3 Å². The number of rotatable bonds is 5. The van der Waals surface area contributed by atoms with Gasteiger partial charge in [0.05, 0.1) is 14.2 Å². The van der Waals surface area contributed by atoms with Crippen LogP contribution in [0.4, 0.5) is 0 Å². The first-order valence-electron chi connectivity index (χ1n) is 7.77. The van der Waals surface area contributed by atoms with E-state index in [1.165, 1.54) is 17.5 Å². The largest absolute Gasteiger partial charge is 0.497 e. The fourth-order valence-electron chi connectivity index (χ4n) is 2.94. The van der Waals surface area contributed by atoms with Crippen molar-refractivity contribution in [2.75, 3.05) is 14.2 Å². The summed E-state index contributed by atoms with van der Waals surface area (Å²) < 4.78 is 10.5. The average molecular weight is 308 g/mol. The number of carbonyl (C=O) groups excluding carboxylic acids is 1. The van der Waals surface area contributed by atoms with Crippen LogP contribution < -0.4 is 9.47 Å². The van der Waals surface area contributed by atoms with Gasteiger partial charge in [0.2, 0.25) is 0 Å². The molecule has 2 aromatic carbocycles. The van der Waals surface area contributed by atoms with Crippen molar-refractivity contribution in [1.82, 2.24) is 0 Å². The first-order valence-corrected chi connectivity index (χ1v) is 7.77. The topological polar surface area (TPSA) is 35.5 Å². The lowest BCUT2D eigenvalue weighted by atomic mass is 10.0. The molecule has 0 atom stereocenters. The van der Waals surface area contributed by atoms with Gasteiger partial charge in [0.15, 0.2) is 5.78 Å². The highest BCUT2D eigenvalue weighted by Crippen LogP contribution is 2.26. The SMILES string of the molecule is COc1ccc(/C=C/C(=O)c2ccc3c(c2)CCC3)c(OC)c1. The summed E-state index contributed by atoms with van der Waals surface area (Å²) in [6.45, 7) is 0. The number of benzene rings is 2. The van der Waals surface area contributed by atoms with Crippen molar-refractivity contribution < 1.29 is 14.3 Å². The van der Waals surface area contributed by atoms with Crippen molar-refractivity contribution in [1.29, 1.82) is 0 Å². The van der Waals surface area contributed by atoms with Crippen molar-refractivity contribution in [3.63, 3.8) is 0 Å². The molecule has 0 aromatic heterocycles. The molecule has 0 spiro atoms. The van der Waals surface area contributed by atoms with Crippen LogP contribution in [0.15, 0.2) is 42.5 Å². The van der Waals surface area contributed by atoms with E-state index in [4.69, 9.17) is 9.47 Å². The number of hydrogen-bond donors (Lipinski definition) is 0. The van der Waals surface area contributed by atoms with E-state index in [1.54, 1.807) is 32.4 Å². The zero-order valence-electron chi connectivity index (χ0n) is 13.5. The Morgan fingerprint density at radius 2 is 1.83 bits per heavy atom. The monoisotopic (exact) mass is 308 g/mol. The van der Waals surface area contributed by atoms with Crippen molar-refractivity contribution in [2.24, 2.45) is 0 Å². The van der Waals surface area contributed by atoms with Crippen molar-refractivity contribution in [3.05, 3.63) is 64.7 Å². The van der Waals surface area contributed by atoms with Crippen LogP contribution in [0, 0.1) is 0 Å². The fraction of sp³-hybridized carbons (Fsp3) is 0.250. The van der Waals surface area contributed by atoms with Gasteiger partial charge in [-0.1, -0.05) is 12.1 Å². The smallest absolute Gasteiger partial charge is 0.185 e. The summed E-state index contributed by atoms with van der Waals surface area (Å²) >= 11 is 0. The average Bonchev–Trinajstić information content (AvgIpc) is 3.07. The first kappa shape index (κ1) is 15.3. The molecule has 0 bridgehead atoms. The van der Waals surface area contributed by atoms with Crippen molar-refractivity contribution in [3.8, 4) is 11.5 Å². The molecule has 0 N–H and O–H groups in total. The third-order valence-electron chi connectivity index (χ3n) is 4.24. The van der Waals surface area contributed by atoms with Gasteiger partial charge in [-0.2, -0.15) is 0 Å². The van der Waals surface area contributed by atoms with Gasteiger partial charge >= 0.3 is 0 Å². The Balaban J connectivity index is 1.81. The quantitative estimate of drug-likeness (QED) is 0.616. The van der Waals surface area contributed by atoms with E-state index >= 15 is 0 Å². The van der Waals surface area contributed by atoms with Crippen LogP contribution in [0.25, 0.3) is 6.08 Å². The van der Waals surface area contributed by atoms with Crippen LogP contribution in [-0.4, -0.2) is 20.0 Å². The molecule has 3 heteroatoms. The summed E-state index contributed by atoms with van der Waals surface area (Å²) in [5, 5.41) is 0. The second-order valence-corrected chi connectivity index (χ2v) is 5.64. The molecule has 23 heavy (non-hydrogen) atoms. The maximum atomic E-state index is 12.4. The number of aryl methyl sites for hydroxylation is 2. The van der Waals surface area contributed by atoms with Gasteiger partial charge in [-0.3, -0.25) is 4.79 Å². The highest BCUT2D eigenvalue weighted by atomic mass is 16.5. The van der Waals surface area contributed by atoms with Crippen molar-refractivity contribution >= 4 is 11.9 Å². The van der Waals surface area contributed by atoms with Gasteiger partial charge in [-0.05, 0) is 60.7 Å². The van der Waals surface area contributed by atoms with Gasteiger partial charge in [0.25, 0.3) is 0 Å². The van der Waals surface area contributed by atoms with Gasteiger partial charge < -0.3 is 9.47 Å². The molecule has 0 radical (unpaired) electrons. The second-order valence-electron chi connectivity index (χ2n) is 5.64. The Morgan fingerprint density at radius 3 is 2.61 bits per heavy atom. The third kappa shape index (κ3) is 3.29. The van der Waals surface area contributed by atoms with Crippen LogP contribution in [-0.2, 0) is 12.8 Å². The number of carbonyl (C=O) groups is 1. The number of methoxy groups -OCH3 is 2. The molecule has 3 nitrogen and oxygen atoms in total. The Hall–Kier alpha value is -2.55. The van der Waals surface area contributed by atoms with E-state index in [0.29, 0.717) is 5.75 Å². The van der Waals surface area contributed by atoms with E-state index in [0.717, 1.165) is 29.7 Å². The molecule has 0 unspecified atom stereocenters. The number of fused-ring (bicyclic) bond motifs is 1. The molecule has 0 saturated carbocycles. The second kappa shape index (κ2) is 6.69. The highest BCUT2D eigenvalue weighted by Gasteiger charge is 2.12. The molecule has 118 valence electrons. The molecule has 0 amide bonds. The Labute approximate surface area is 136 Å². The molecular weight excluding hydrogens is 288 g/mol. The van der Waals surface area contributed by atoms with Gasteiger partial charge in [0, 0.05) is 17.2 Å². The molecule has 1 aliphatic carbocycles. The third-order valence-corrected chi connectivity index (χ3v) is 4.24. The predicted molar refractivity (Wildman–Crippen MR) is 91.4 cm³/mol. The molecule has 0 fully saturated rings. The van der Waals surface area contributed by atoms with Gasteiger partial charge in [-0.25, -0.2) is 0 Å². The normalized spacial score (nSPS) is 13.1. The number of ether oxygens (including phenoxy) is 2. The van der Waals surface area contributed by atoms with Crippen LogP contribution in [0.5, 0.6) is 11.5 Å². The maximum absolute atomic E-state index is 12.4. The lowest BCUT2D eigenvalue weighted by Gasteiger charge is -2.07. The van der Waals surface area contributed by atoms with E-state index in [-0.39, 0.29) is 5.78 Å². The standard InChI is InChI=1S/C20H20O3/c1-22-18-10-8-15(20(13-18)23-2)9-11-19(21)17-7-6-14-4-3-5-16(14)12-17/h6-13H,3-5H2,1-2H3/b11-9+. The molecule has 3 rings (SSSR count). The van der Waals surface area contributed by atoms with Gasteiger partial charge in [-0.15, -0.1) is 0 Å². The number of hydrogen-bond acceptors (Lipinski definition) is 3. The van der Waals surface area contributed by atoms with Crippen LogP contribution in [0.1, 0.15) is 33.5 Å². The lowest BCUT2D eigenvalue weighted by molar-refractivity contribution is 0.104. The summed E-state index contributed by atoms with van der Waals surface area (Å²) in [7, 11) is 3.22. The Kier molecular flexibility index (Phi) is 4.47. The Morgan fingerprint density at radius 1 is 1.00 bits per heavy atom. The molecule has 0 heterocycles. The zero-order valence-corrected chi connectivity index (χ0v) is 13.5. The summed E-state index contributed by atoms with van der Waals surface area (Å²) in [4.78, 5) is 12.4. The zero-order chi connectivity index (χ0) is 16.2. The Bertz CT molecular complexity index is 759. The summed E-state index contributed by atoms with van der Waals surface area (Å²) in [5.74, 6) is 1.42. The highest BCUT2D eigenvalue weighted by molar-refractivity contribution is 6.07. The van der Waals surface area contributed by atoms with Gasteiger partial charge in [0.1, 0.15) is 11.5 Å². The van der Waals surface area contributed by atoms with E-state index in [1.807, 2.05) is 24.3 Å². The lowest BCUT2D eigenvalue weighted by Crippen LogP contribution is -1.96. The maximum Gasteiger partial charge on any atom is 0.185 e. The fourth-order valence-corrected chi connectivity index (χ4v) is 2.94. The van der Waals surface area contributed by atoms with E-state index in [2.05, 4.69) is 6.07 Å². The minimum Gasteiger partial charge on any atom is -0.497 e. The predicted octanol–water partition coefficient (Wildman–Crippen LogP) is 4.09. The number of ketones is 1. The van der Waals surface area contributed by atoms with E-state index < -0.39 is 0 Å². The van der Waals surface area contributed by atoms with E-state index in [9.17, 15) is 4.79 Å². The molecule has 1 aliphatic rings. The molecule has 0 saturated heterocycles. The number of allylic oxidation sites excluding steroid dienone is 1. The molecule has 2 aromatic rings. The minimum atomic E-state index is 0.0116. The molecular formula is C20H20O3.